The molecule has 0 saturated carbocycles. The van der Waals surface area contributed by atoms with Crippen LogP contribution in [0.2, 0.25) is 0 Å². The molecule has 30 heavy (non-hydrogen) atoms. The number of ketones is 1. The highest BCUT2D eigenvalue weighted by Gasteiger charge is 2.71. The number of ether oxygens (including phenoxy) is 1. The lowest BCUT2D eigenvalue weighted by molar-refractivity contribution is -1.17. The van der Waals surface area contributed by atoms with Gasteiger partial charge in [-0.1, -0.05) is 6.92 Å². The van der Waals surface area contributed by atoms with Gasteiger partial charge >= 0.3 is 0 Å². The number of benzene rings is 1. The summed E-state index contributed by atoms with van der Waals surface area (Å²) in [7, 11) is 1.55. The van der Waals surface area contributed by atoms with Crippen molar-refractivity contribution in [1.29, 1.82) is 0 Å². The summed E-state index contributed by atoms with van der Waals surface area (Å²) in [5.41, 5.74) is -0.905. The summed E-state index contributed by atoms with van der Waals surface area (Å²) >= 11 is 0. The fraction of sp³-hybridized carbons (Fsp3) is 0.350. The van der Waals surface area contributed by atoms with Gasteiger partial charge in [0, 0.05) is 30.9 Å². The fourth-order valence-electron chi connectivity index (χ4n) is 4.13. The number of Topliss-reactive ketones (excluding diaryl/α,β-unsaturated/α-hetero) is 1. The van der Waals surface area contributed by atoms with Gasteiger partial charge in [-0.05, 0) is 41.2 Å². The zero-order chi connectivity index (χ0) is 20.8. The van der Waals surface area contributed by atoms with Crippen molar-refractivity contribution in [3.05, 3.63) is 66.4 Å². The molecule has 0 aliphatic carbocycles. The number of hydroxylamine groups is 4. The predicted molar refractivity (Wildman–Crippen MR) is 102 cm³/mol. The molecule has 0 amide bonds. The quantitative estimate of drug-likeness (QED) is 0.356. The molecule has 2 unspecified atom stereocenters. The number of nitrogens with zero attached hydrogens (tertiary/aromatic N) is 4. The Morgan fingerprint density at radius 2 is 1.87 bits per heavy atom. The number of quaternary nitrogens is 1. The van der Waals surface area contributed by atoms with Crippen LogP contribution >= 0.6 is 0 Å². The van der Waals surface area contributed by atoms with E-state index in [4.69, 9.17) is 4.74 Å². The summed E-state index contributed by atoms with van der Waals surface area (Å²) in [6, 6.07) is 6.75. The van der Waals surface area contributed by atoms with E-state index in [2.05, 4.69) is 0 Å². The van der Waals surface area contributed by atoms with Crippen molar-refractivity contribution in [1.82, 2.24) is 15.0 Å². The van der Waals surface area contributed by atoms with E-state index in [0.29, 0.717) is 30.1 Å². The number of halogens is 1. The zero-order valence-corrected chi connectivity index (χ0v) is 17.5. The lowest BCUT2D eigenvalue weighted by Gasteiger charge is -2.47. The van der Waals surface area contributed by atoms with Gasteiger partial charge in [0.15, 0.2) is 5.54 Å². The predicted octanol–water partition coefficient (Wildman–Crippen LogP) is -1.37. The molecule has 4 aliphatic rings. The van der Waals surface area contributed by atoms with E-state index in [9.17, 15) is 20.3 Å². The maximum atomic E-state index is 13.7. The van der Waals surface area contributed by atoms with Crippen molar-refractivity contribution >= 4 is 5.78 Å². The summed E-state index contributed by atoms with van der Waals surface area (Å²) in [4.78, 5) is 15.4. The highest BCUT2D eigenvalue weighted by molar-refractivity contribution is 6.06. The van der Waals surface area contributed by atoms with Gasteiger partial charge in [-0.2, -0.15) is 10.3 Å². The molecule has 2 atom stereocenters. The van der Waals surface area contributed by atoms with Crippen molar-refractivity contribution in [3.8, 4) is 5.75 Å². The SMILES string of the molecule is CCC1N(O)C2=C[N+]1(O)N2C1(C(=O)c2ccc(OC)cc2)C=CN(CCO)C=C1.[Cl-]. The zero-order valence-electron chi connectivity index (χ0n) is 16.7. The Hall–Kier alpha value is -2.56. The van der Waals surface area contributed by atoms with Crippen LogP contribution in [-0.4, -0.2) is 73.0 Å². The third kappa shape index (κ3) is 2.98. The van der Waals surface area contributed by atoms with Crippen LogP contribution in [0.15, 0.2) is 60.8 Å². The van der Waals surface area contributed by atoms with Crippen LogP contribution in [0.3, 0.4) is 0 Å². The fourth-order valence-corrected chi connectivity index (χ4v) is 4.13. The van der Waals surface area contributed by atoms with Crippen LogP contribution in [0.5, 0.6) is 5.75 Å². The molecule has 0 aromatic heterocycles. The van der Waals surface area contributed by atoms with Gasteiger partial charge in [-0.3, -0.25) is 10.0 Å². The van der Waals surface area contributed by atoms with Gasteiger partial charge in [0.05, 0.1) is 13.7 Å². The van der Waals surface area contributed by atoms with E-state index in [1.807, 2.05) is 6.92 Å². The summed E-state index contributed by atoms with van der Waals surface area (Å²) in [5, 5.41) is 33.4. The first-order chi connectivity index (χ1) is 13.9. The van der Waals surface area contributed by atoms with Crippen molar-refractivity contribution in [2.75, 3.05) is 20.3 Å². The Kier molecular flexibility index (Phi) is 5.85. The first-order valence-electron chi connectivity index (χ1n) is 9.48. The number of fused-ring (bicyclic) bond motifs is 1. The van der Waals surface area contributed by atoms with Crippen LogP contribution in [0.1, 0.15) is 23.7 Å². The number of rotatable bonds is 7. The Morgan fingerprint density at radius 3 is 2.37 bits per heavy atom. The standard InChI is InChI=1S/C20H25N4O5.ClH/c1-3-18-22(27)17-14-24(18,28)23(17)20(8-10-21(11-9-20)12-13-25)19(26)15-4-6-16(29-2)7-5-15;/h4-11,14,18,25,27-28H,3,12-13H2,1-2H3;1H/q+1;/p-1. The average Bonchev–Trinajstić information content (AvgIpc) is 3.11. The topological polar surface area (TPSA) is 96.7 Å². The Labute approximate surface area is 180 Å². The lowest BCUT2D eigenvalue weighted by Crippen LogP contribution is -3.00. The number of aliphatic hydroxyl groups is 1. The van der Waals surface area contributed by atoms with E-state index in [1.165, 1.54) is 11.2 Å². The van der Waals surface area contributed by atoms with E-state index in [1.54, 1.807) is 60.8 Å². The van der Waals surface area contributed by atoms with Crippen LogP contribution < -0.4 is 17.1 Å². The van der Waals surface area contributed by atoms with Crippen molar-refractivity contribution < 1.29 is 42.2 Å². The molecule has 1 aromatic rings. The van der Waals surface area contributed by atoms with E-state index in [-0.39, 0.29) is 24.8 Å². The number of β-amino-alcohol motifs (C(OH)–C–C–N with tert-alkyl or cyclic N) is 1. The molecule has 162 valence electrons. The Morgan fingerprint density at radius 1 is 1.23 bits per heavy atom. The second-order valence-corrected chi connectivity index (χ2v) is 7.21. The maximum absolute atomic E-state index is 13.7. The smallest absolute Gasteiger partial charge is 0.247 e. The first kappa shape index (κ1) is 22.1. The van der Waals surface area contributed by atoms with Gasteiger partial charge in [0.1, 0.15) is 5.75 Å². The summed E-state index contributed by atoms with van der Waals surface area (Å²) in [5.74, 6) is 0.739. The lowest BCUT2D eigenvalue weighted by atomic mass is 9.86. The minimum Gasteiger partial charge on any atom is -1.00 e. The largest absolute Gasteiger partial charge is 1.00 e. The molecule has 1 saturated heterocycles. The molecule has 9 nitrogen and oxygen atoms in total. The van der Waals surface area contributed by atoms with Gasteiger partial charge in [0.25, 0.3) is 0 Å². The number of hydrogen-bond donors (Lipinski definition) is 3. The van der Waals surface area contributed by atoms with E-state index in [0.717, 1.165) is 5.06 Å². The molecule has 1 aromatic carbocycles. The third-order valence-corrected chi connectivity index (χ3v) is 5.63. The minimum atomic E-state index is -1.34. The Bertz CT molecular complexity index is 889. The molecule has 0 radical (unpaired) electrons. The first-order valence-corrected chi connectivity index (χ1v) is 9.48. The normalized spacial score (nSPS) is 25.6. The van der Waals surface area contributed by atoms with Gasteiger partial charge in [0.2, 0.25) is 24.0 Å². The molecule has 5 rings (SSSR count). The average molecular weight is 437 g/mol. The van der Waals surface area contributed by atoms with Crippen molar-refractivity contribution in [2.24, 2.45) is 0 Å². The van der Waals surface area contributed by atoms with E-state index >= 15 is 0 Å². The molecule has 10 heteroatoms. The number of methoxy groups -OCH3 is 1. The molecule has 2 bridgehead atoms. The summed E-state index contributed by atoms with van der Waals surface area (Å²) in [6.45, 7) is 2.20. The van der Waals surface area contributed by atoms with Crippen molar-refractivity contribution in [2.45, 2.75) is 25.0 Å². The molecule has 1 fully saturated rings. The second-order valence-electron chi connectivity index (χ2n) is 7.21. The molecule has 3 N–H and O–H groups in total. The summed E-state index contributed by atoms with van der Waals surface area (Å²) < 4.78 is 4.49. The minimum absolute atomic E-state index is 0. The van der Waals surface area contributed by atoms with Gasteiger partial charge < -0.3 is 27.2 Å². The Balaban J connectivity index is 0.00000256. The molecule has 0 spiro atoms. The number of carbonyl (C=O) groups is 1. The molecular weight excluding hydrogens is 412 g/mol. The highest BCUT2D eigenvalue weighted by atomic mass is 35.5. The summed E-state index contributed by atoms with van der Waals surface area (Å²) in [6.07, 6.45) is 8.12. The van der Waals surface area contributed by atoms with Gasteiger partial charge in [-0.25, -0.2) is 0 Å². The second kappa shape index (κ2) is 7.93. The van der Waals surface area contributed by atoms with E-state index < -0.39 is 16.5 Å². The third-order valence-electron chi connectivity index (χ3n) is 5.63. The number of aliphatic hydroxyl groups excluding tert-OH is 1. The highest BCUT2D eigenvalue weighted by Crippen LogP contribution is 2.50. The van der Waals surface area contributed by atoms with Gasteiger partial charge in [-0.15, -0.1) is 5.01 Å². The molecule has 4 aliphatic heterocycles. The number of carbonyl (C=O) groups excluding carboxylic acids is 1. The van der Waals surface area contributed by atoms with Crippen LogP contribution in [0.25, 0.3) is 0 Å². The molecular formula is C20H25ClN4O5. The van der Waals surface area contributed by atoms with Crippen LogP contribution in [0, 0.1) is 0 Å². The number of hydrogen-bond acceptors (Lipinski definition) is 8. The monoisotopic (exact) mass is 436 g/mol. The van der Waals surface area contributed by atoms with Crippen LogP contribution in [0.4, 0.5) is 0 Å². The van der Waals surface area contributed by atoms with Crippen LogP contribution in [-0.2, 0) is 0 Å². The van der Waals surface area contributed by atoms with Crippen molar-refractivity contribution in [3.63, 3.8) is 0 Å². The maximum Gasteiger partial charge on any atom is 0.247 e. The molecule has 4 heterocycles.